The molecule has 2 aromatic rings. The lowest BCUT2D eigenvalue weighted by Gasteiger charge is -2.43. The number of anilines is 2. The van der Waals surface area contributed by atoms with Crippen LogP contribution in [0.1, 0.15) is 41.9 Å². The minimum atomic E-state index is -0.451. The Bertz CT molecular complexity index is 962. The summed E-state index contributed by atoms with van der Waals surface area (Å²) < 4.78 is 15.1. The van der Waals surface area contributed by atoms with Gasteiger partial charge in [-0.1, -0.05) is 18.2 Å². The molecule has 0 aliphatic carbocycles. The number of hydrogen-bond acceptors (Lipinski definition) is 3. The number of hydrogen-bond donors (Lipinski definition) is 3. The highest BCUT2D eigenvalue weighted by molar-refractivity contribution is 5.98. The molecule has 5 rings (SSSR count). The van der Waals surface area contributed by atoms with Crippen LogP contribution in [0.15, 0.2) is 36.4 Å². The molecule has 3 aliphatic rings. The molecule has 0 radical (unpaired) electrons. The van der Waals surface area contributed by atoms with Gasteiger partial charge in [0, 0.05) is 35.7 Å². The zero-order valence-electron chi connectivity index (χ0n) is 17.7. The number of halogens is 1. The first-order valence-electron chi connectivity index (χ1n) is 11.0. The number of rotatable bonds is 3. The molecular formula is C24H30FN4O+. The molecule has 3 aliphatic heterocycles. The molecule has 2 saturated heterocycles. The number of aryl methyl sites for hydroxylation is 1. The van der Waals surface area contributed by atoms with E-state index in [1.807, 2.05) is 19.1 Å². The van der Waals surface area contributed by atoms with Crippen molar-refractivity contribution in [2.75, 3.05) is 30.8 Å². The fraction of sp³-hybridized carbons (Fsp3) is 0.458. The third kappa shape index (κ3) is 3.28. The fourth-order valence-corrected chi connectivity index (χ4v) is 5.74. The van der Waals surface area contributed by atoms with E-state index in [4.69, 9.17) is 0 Å². The minimum absolute atomic E-state index is 0.117. The first-order chi connectivity index (χ1) is 14.4. The van der Waals surface area contributed by atoms with Crippen LogP contribution in [0, 0.1) is 12.7 Å². The summed E-state index contributed by atoms with van der Waals surface area (Å²) in [6, 6.07) is 11.7. The molecule has 0 aromatic heterocycles. The van der Waals surface area contributed by atoms with Crippen molar-refractivity contribution in [2.45, 2.75) is 50.6 Å². The molecule has 4 unspecified atom stereocenters. The van der Waals surface area contributed by atoms with Gasteiger partial charge in [-0.3, -0.25) is 4.79 Å². The molecule has 0 bridgehead atoms. The van der Waals surface area contributed by atoms with E-state index in [-0.39, 0.29) is 11.7 Å². The van der Waals surface area contributed by atoms with Crippen LogP contribution in [0.25, 0.3) is 0 Å². The van der Waals surface area contributed by atoms with E-state index >= 15 is 0 Å². The van der Waals surface area contributed by atoms with Crippen LogP contribution in [0.5, 0.6) is 0 Å². The number of nitrogens with zero attached hydrogens (tertiary/aromatic N) is 1. The number of carbonyl (C=O) groups is 1. The molecule has 3 N–H and O–H groups in total. The van der Waals surface area contributed by atoms with E-state index in [2.05, 4.69) is 35.2 Å². The van der Waals surface area contributed by atoms with Crippen LogP contribution in [0.4, 0.5) is 15.8 Å². The van der Waals surface area contributed by atoms with Gasteiger partial charge in [-0.2, -0.15) is 5.43 Å². The van der Waals surface area contributed by atoms with Crippen LogP contribution in [0.3, 0.4) is 0 Å². The molecule has 1 amide bonds. The molecule has 0 saturated carbocycles. The highest BCUT2D eigenvalue weighted by Gasteiger charge is 2.46. The van der Waals surface area contributed by atoms with Gasteiger partial charge in [-0.15, -0.1) is 0 Å². The van der Waals surface area contributed by atoms with Crippen molar-refractivity contribution in [2.24, 2.45) is 0 Å². The Kier molecular flexibility index (Phi) is 4.79. The largest absolute Gasteiger partial charge is 0.373 e. The maximum Gasteiger partial charge on any atom is 0.247 e. The lowest BCUT2D eigenvalue weighted by molar-refractivity contribution is -0.967. The molecule has 0 spiro atoms. The molecule has 2 aromatic carbocycles. The van der Waals surface area contributed by atoms with Crippen molar-refractivity contribution in [3.05, 3.63) is 58.9 Å². The SMILES string of the molecule is Cc1ccc(F)c2c1NC(C(=O)Nc1cccc(C3CCC[N+]4(C)NCCC34)c1)C2. The third-order valence-corrected chi connectivity index (χ3v) is 7.34. The van der Waals surface area contributed by atoms with Gasteiger partial charge in [-0.25, -0.2) is 8.98 Å². The minimum Gasteiger partial charge on any atom is -0.373 e. The van der Waals surface area contributed by atoms with Gasteiger partial charge >= 0.3 is 0 Å². The Labute approximate surface area is 177 Å². The average molecular weight is 410 g/mol. The molecular weight excluding hydrogens is 379 g/mol. The highest BCUT2D eigenvalue weighted by atomic mass is 19.1. The molecule has 6 heteroatoms. The topological polar surface area (TPSA) is 53.2 Å². The second kappa shape index (κ2) is 7.36. The van der Waals surface area contributed by atoms with Crippen molar-refractivity contribution >= 4 is 17.3 Å². The fourth-order valence-electron chi connectivity index (χ4n) is 5.74. The van der Waals surface area contributed by atoms with Gasteiger partial charge in [-0.05, 0) is 49.1 Å². The molecule has 158 valence electrons. The Morgan fingerprint density at radius 3 is 2.93 bits per heavy atom. The Hall–Kier alpha value is -2.44. The molecule has 30 heavy (non-hydrogen) atoms. The van der Waals surface area contributed by atoms with Gasteiger partial charge in [0.15, 0.2) is 0 Å². The lowest BCUT2D eigenvalue weighted by Crippen LogP contribution is -2.59. The number of amides is 1. The van der Waals surface area contributed by atoms with Crippen molar-refractivity contribution in [1.82, 2.24) is 5.43 Å². The standard InChI is InChI=1S/C24H29FN4O/c1-15-8-9-20(25)19-14-21(28-23(15)19)24(30)27-17-6-3-5-16(13-17)18-7-4-12-29(2)22(18)10-11-26-29/h3,5-6,8-9,13,18,21-22,26,28H,4,7,10-12,14H2,1-2H3/p+1. The highest BCUT2D eigenvalue weighted by Crippen LogP contribution is 2.40. The van der Waals surface area contributed by atoms with Gasteiger partial charge < -0.3 is 10.6 Å². The molecule has 2 fully saturated rings. The summed E-state index contributed by atoms with van der Waals surface area (Å²) in [5.74, 6) is 0.138. The van der Waals surface area contributed by atoms with Crippen molar-refractivity contribution < 1.29 is 13.8 Å². The number of nitrogens with one attached hydrogen (secondary N) is 3. The Morgan fingerprint density at radius 1 is 1.23 bits per heavy atom. The Morgan fingerprint density at radius 2 is 2.10 bits per heavy atom. The summed E-state index contributed by atoms with van der Waals surface area (Å²) in [5, 5.41) is 6.28. The van der Waals surface area contributed by atoms with Gasteiger partial charge in [0.25, 0.3) is 0 Å². The smallest absolute Gasteiger partial charge is 0.247 e. The van der Waals surface area contributed by atoms with Crippen molar-refractivity contribution in [3.8, 4) is 0 Å². The molecule has 4 atom stereocenters. The first-order valence-corrected chi connectivity index (χ1v) is 11.0. The normalized spacial score (nSPS) is 29.8. The number of fused-ring (bicyclic) bond motifs is 2. The average Bonchev–Trinajstić information content (AvgIpc) is 3.35. The van der Waals surface area contributed by atoms with E-state index in [0.717, 1.165) is 28.1 Å². The second-order valence-electron chi connectivity index (χ2n) is 9.24. The van der Waals surface area contributed by atoms with E-state index in [1.165, 1.54) is 37.4 Å². The Balaban J connectivity index is 1.32. The van der Waals surface area contributed by atoms with Crippen LogP contribution in [-0.2, 0) is 11.2 Å². The van der Waals surface area contributed by atoms with E-state index < -0.39 is 6.04 Å². The van der Waals surface area contributed by atoms with E-state index in [1.54, 1.807) is 6.07 Å². The first kappa shape index (κ1) is 19.5. The van der Waals surface area contributed by atoms with Crippen LogP contribution in [0.2, 0.25) is 0 Å². The summed E-state index contributed by atoms with van der Waals surface area (Å²) in [5.41, 5.74) is 8.12. The van der Waals surface area contributed by atoms with Crippen molar-refractivity contribution in [1.29, 1.82) is 0 Å². The number of quaternary nitrogens is 1. The number of likely N-dealkylation sites (N-methyl/N-ethyl adjacent to an activating group) is 1. The van der Waals surface area contributed by atoms with E-state index in [9.17, 15) is 9.18 Å². The summed E-state index contributed by atoms with van der Waals surface area (Å²) in [7, 11) is 2.31. The predicted octanol–water partition coefficient (Wildman–Crippen LogP) is 3.71. The maximum absolute atomic E-state index is 14.2. The molecule has 3 heterocycles. The summed E-state index contributed by atoms with van der Waals surface area (Å²) in [6.07, 6.45) is 3.96. The quantitative estimate of drug-likeness (QED) is 0.678. The number of carbonyl (C=O) groups excluding carboxylic acids is 1. The van der Waals surface area contributed by atoms with Gasteiger partial charge in [0.1, 0.15) is 17.9 Å². The number of benzene rings is 2. The van der Waals surface area contributed by atoms with Crippen LogP contribution >= 0.6 is 0 Å². The third-order valence-electron chi connectivity index (χ3n) is 7.34. The zero-order valence-corrected chi connectivity index (χ0v) is 17.7. The van der Waals surface area contributed by atoms with Crippen LogP contribution < -0.4 is 16.1 Å². The summed E-state index contributed by atoms with van der Waals surface area (Å²) in [4.78, 5) is 12.9. The van der Waals surface area contributed by atoms with E-state index in [0.29, 0.717) is 23.9 Å². The molecule has 5 nitrogen and oxygen atoms in total. The van der Waals surface area contributed by atoms with Crippen LogP contribution in [-0.4, -0.2) is 42.7 Å². The summed E-state index contributed by atoms with van der Waals surface area (Å²) in [6.45, 7) is 4.18. The maximum atomic E-state index is 14.2. The lowest BCUT2D eigenvalue weighted by atomic mass is 9.82. The van der Waals surface area contributed by atoms with Gasteiger partial charge in [0.2, 0.25) is 5.91 Å². The zero-order chi connectivity index (χ0) is 20.9. The number of piperidine rings is 1. The van der Waals surface area contributed by atoms with Crippen molar-refractivity contribution in [3.63, 3.8) is 0 Å². The van der Waals surface area contributed by atoms with Gasteiger partial charge in [0.05, 0.1) is 20.1 Å². The summed E-state index contributed by atoms with van der Waals surface area (Å²) >= 11 is 0. The monoisotopic (exact) mass is 409 g/mol. The second-order valence-corrected chi connectivity index (χ2v) is 9.24. The predicted molar refractivity (Wildman–Crippen MR) is 117 cm³/mol.